The second-order valence-corrected chi connectivity index (χ2v) is 5.81. The third-order valence-corrected chi connectivity index (χ3v) is 4.71. The maximum atomic E-state index is 5.72. The van der Waals surface area contributed by atoms with E-state index >= 15 is 0 Å². The molecule has 0 saturated carbocycles. The molecule has 0 aromatic heterocycles. The fourth-order valence-electron chi connectivity index (χ4n) is 2.31. The Labute approximate surface area is 115 Å². The molecule has 3 unspecified atom stereocenters. The molecule has 0 radical (unpaired) electrons. The smallest absolute Gasteiger partial charge is 0.161 e. The summed E-state index contributed by atoms with van der Waals surface area (Å²) < 4.78 is 11.4. The highest BCUT2D eigenvalue weighted by Crippen LogP contribution is 2.35. The molecule has 0 bridgehead atoms. The van der Waals surface area contributed by atoms with E-state index in [1.54, 1.807) is 0 Å². The number of hydrazine groups is 1. The second-order valence-electron chi connectivity index (χ2n) is 4.76. The van der Waals surface area contributed by atoms with Gasteiger partial charge in [0.15, 0.2) is 11.5 Å². The van der Waals surface area contributed by atoms with Crippen LogP contribution in [0, 0.1) is 0 Å². The highest BCUT2D eigenvalue weighted by Gasteiger charge is 2.32. The van der Waals surface area contributed by atoms with Crippen LogP contribution in [0.2, 0.25) is 0 Å². The van der Waals surface area contributed by atoms with Crippen molar-refractivity contribution in [1.82, 2.24) is 10.9 Å². The van der Waals surface area contributed by atoms with Crippen molar-refractivity contribution in [2.75, 3.05) is 13.2 Å². The number of halogens is 1. The van der Waals surface area contributed by atoms with Crippen LogP contribution in [-0.4, -0.2) is 24.1 Å². The molecule has 1 fully saturated rings. The first-order valence-electron chi connectivity index (χ1n) is 6.30. The van der Waals surface area contributed by atoms with Gasteiger partial charge in [0.05, 0.1) is 24.1 Å². The number of benzene rings is 1. The maximum absolute atomic E-state index is 5.72. The lowest BCUT2D eigenvalue weighted by Gasteiger charge is -2.17. The van der Waals surface area contributed by atoms with E-state index in [1.807, 2.05) is 6.07 Å². The van der Waals surface area contributed by atoms with E-state index in [1.165, 1.54) is 5.56 Å². The van der Waals surface area contributed by atoms with Gasteiger partial charge < -0.3 is 9.47 Å². The summed E-state index contributed by atoms with van der Waals surface area (Å²) in [7, 11) is 0. The van der Waals surface area contributed by atoms with Crippen LogP contribution < -0.4 is 20.3 Å². The molecule has 3 rings (SSSR count). The molecule has 0 spiro atoms. The van der Waals surface area contributed by atoms with Gasteiger partial charge in [-0.25, -0.2) is 5.43 Å². The Morgan fingerprint density at radius 2 is 1.94 bits per heavy atom. The van der Waals surface area contributed by atoms with Crippen molar-refractivity contribution in [2.24, 2.45) is 0 Å². The molecule has 1 aromatic rings. The quantitative estimate of drug-likeness (QED) is 0.780. The molecule has 2 heterocycles. The summed E-state index contributed by atoms with van der Waals surface area (Å²) in [5.74, 6) is 1.70. The molecule has 1 aromatic carbocycles. The van der Waals surface area contributed by atoms with Gasteiger partial charge in [0.2, 0.25) is 0 Å². The van der Waals surface area contributed by atoms with Gasteiger partial charge in [-0.1, -0.05) is 22.0 Å². The van der Waals surface area contributed by atoms with Crippen molar-refractivity contribution in [3.63, 3.8) is 0 Å². The Balaban J connectivity index is 1.87. The monoisotopic (exact) mass is 312 g/mol. The van der Waals surface area contributed by atoms with Gasteiger partial charge in [0.25, 0.3) is 0 Å². The van der Waals surface area contributed by atoms with E-state index in [9.17, 15) is 0 Å². The van der Waals surface area contributed by atoms with Gasteiger partial charge in [-0.15, -0.1) is 0 Å². The number of fused-ring (bicyclic) bond motifs is 1. The summed E-state index contributed by atoms with van der Waals surface area (Å²) in [5, 5.41) is 0. The van der Waals surface area contributed by atoms with Crippen LogP contribution in [0.1, 0.15) is 24.9 Å². The first kappa shape index (κ1) is 12.3. The van der Waals surface area contributed by atoms with Crippen LogP contribution in [-0.2, 0) is 0 Å². The topological polar surface area (TPSA) is 42.5 Å². The first-order valence-corrected chi connectivity index (χ1v) is 7.22. The third-order valence-electron chi connectivity index (χ3n) is 3.39. The number of hydrogen-bond acceptors (Lipinski definition) is 4. The molecular formula is C13H17BrN2O2. The highest BCUT2D eigenvalue weighted by molar-refractivity contribution is 9.09. The van der Waals surface area contributed by atoms with Crippen molar-refractivity contribution in [2.45, 2.75) is 30.3 Å². The van der Waals surface area contributed by atoms with E-state index in [2.05, 4.69) is 45.8 Å². The van der Waals surface area contributed by atoms with Crippen LogP contribution in [0.15, 0.2) is 18.2 Å². The Morgan fingerprint density at radius 1 is 1.17 bits per heavy atom. The predicted octanol–water partition coefficient (Wildman–Crippen LogP) is 2.15. The van der Waals surface area contributed by atoms with Gasteiger partial charge in [-0.3, -0.25) is 5.43 Å². The molecule has 18 heavy (non-hydrogen) atoms. The van der Waals surface area contributed by atoms with E-state index in [4.69, 9.17) is 9.47 Å². The summed E-state index contributed by atoms with van der Waals surface area (Å²) >= 11 is 3.72. The number of hydrogen-bond donors (Lipinski definition) is 2. The summed E-state index contributed by atoms with van der Waals surface area (Å²) in [5.41, 5.74) is 7.75. The van der Waals surface area contributed by atoms with Crippen LogP contribution in [0.25, 0.3) is 0 Å². The minimum atomic E-state index is 0.247. The fourth-order valence-corrected chi connectivity index (χ4v) is 2.88. The van der Waals surface area contributed by atoms with Gasteiger partial charge in [-0.05, 0) is 24.6 Å². The van der Waals surface area contributed by atoms with Crippen LogP contribution in [0.4, 0.5) is 0 Å². The Hall–Kier alpha value is -0.780. The zero-order valence-electron chi connectivity index (χ0n) is 10.3. The van der Waals surface area contributed by atoms with Crippen LogP contribution >= 0.6 is 15.9 Å². The lowest BCUT2D eigenvalue weighted by molar-refractivity contribution is 0.297. The molecule has 2 N–H and O–H groups in total. The van der Waals surface area contributed by atoms with Gasteiger partial charge in [0, 0.05) is 12.5 Å². The van der Waals surface area contributed by atoms with Crippen LogP contribution in [0.3, 0.4) is 0 Å². The van der Waals surface area contributed by atoms with Crippen molar-refractivity contribution < 1.29 is 9.47 Å². The molecule has 0 amide bonds. The summed E-state index contributed by atoms with van der Waals surface area (Å²) in [4.78, 5) is 0.363. The highest BCUT2D eigenvalue weighted by atomic mass is 79.9. The van der Waals surface area contributed by atoms with Crippen molar-refractivity contribution in [1.29, 1.82) is 0 Å². The van der Waals surface area contributed by atoms with E-state index in [-0.39, 0.29) is 6.04 Å². The average molecular weight is 313 g/mol. The number of ether oxygens (including phenoxy) is 2. The first-order chi connectivity index (χ1) is 8.75. The Kier molecular flexibility index (Phi) is 3.46. The second kappa shape index (κ2) is 5.07. The van der Waals surface area contributed by atoms with E-state index in [0.29, 0.717) is 10.9 Å². The van der Waals surface area contributed by atoms with E-state index in [0.717, 1.165) is 31.1 Å². The lowest BCUT2D eigenvalue weighted by atomic mass is 10.0. The number of rotatable bonds is 1. The molecule has 0 aliphatic carbocycles. The molecular weight excluding hydrogens is 296 g/mol. The molecule has 1 saturated heterocycles. The van der Waals surface area contributed by atoms with Crippen molar-refractivity contribution in [3.05, 3.63) is 23.8 Å². The molecule has 2 aliphatic rings. The zero-order chi connectivity index (χ0) is 12.5. The summed E-state index contributed by atoms with van der Waals surface area (Å²) in [6.07, 6.45) is 0.936. The molecule has 5 heteroatoms. The summed E-state index contributed by atoms with van der Waals surface area (Å²) in [6, 6.07) is 6.81. The largest absolute Gasteiger partial charge is 0.490 e. The Morgan fingerprint density at radius 3 is 2.67 bits per heavy atom. The van der Waals surface area contributed by atoms with Gasteiger partial charge >= 0.3 is 0 Å². The van der Waals surface area contributed by atoms with Crippen molar-refractivity contribution in [3.8, 4) is 11.5 Å². The Bertz CT molecular complexity index is 441. The van der Waals surface area contributed by atoms with Gasteiger partial charge in [-0.2, -0.15) is 0 Å². The lowest BCUT2D eigenvalue weighted by Crippen LogP contribution is -2.29. The minimum absolute atomic E-state index is 0.247. The zero-order valence-corrected chi connectivity index (χ0v) is 11.9. The normalized spacial score (nSPS) is 31.1. The molecule has 4 nitrogen and oxygen atoms in total. The number of nitrogens with one attached hydrogen (secondary N) is 2. The molecule has 3 atom stereocenters. The molecule has 2 aliphatic heterocycles. The predicted molar refractivity (Wildman–Crippen MR) is 73.2 cm³/mol. The molecule has 98 valence electrons. The van der Waals surface area contributed by atoms with E-state index < -0.39 is 0 Å². The number of alkyl halides is 1. The average Bonchev–Trinajstić information content (AvgIpc) is 2.61. The SMILES string of the molecule is CC1NNC(c2ccc3c(c2)OCCCO3)C1Br. The van der Waals surface area contributed by atoms with Crippen LogP contribution in [0.5, 0.6) is 11.5 Å². The maximum Gasteiger partial charge on any atom is 0.161 e. The standard InChI is InChI=1S/C13H17BrN2O2/c1-8-12(14)13(16-15-8)9-3-4-10-11(7-9)18-6-2-5-17-10/h3-4,7-8,12-13,15-16H,2,5-6H2,1H3. The summed E-state index contributed by atoms with van der Waals surface area (Å²) in [6.45, 7) is 3.60. The fraction of sp³-hybridized carbons (Fsp3) is 0.538. The van der Waals surface area contributed by atoms with Crippen molar-refractivity contribution >= 4 is 15.9 Å². The third kappa shape index (κ3) is 2.22. The van der Waals surface area contributed by atoms with Gasteiger partial charge in [0.1, 0.15) is 0 Å². The minimum Gasteiger partial charge on any atom is -0.490 e.